The van der Waals surface area contributed by atoms with Crippen LogP contribution in [0.2, 0.25) is 0 Å². The maximum absolute atomic E-state index is 13.1. The Morgan fingerprint density at radius 3 is 2.73 bits per heavy atom. The third kappa shape index (κ3) is 3.49. The molecule has 2 fully saturated rings. The molecule has 0 saturated carbocycles. The van der Waals surface area contributed by atoms with E-state index in [9.17, 15) is 9.59 Å². The summed E-state index contributed by atoms with van der Waals surface area (Å²) in [6.45, 7) is 8.02. The number of likely N-dealkylation sites (tertiary alicyclic amines) is 1. The van der Waals surface area contributed by atoms with E-state index < -0.39 is 12.6 Å². The van der Waals surface area contributed by atoms with Crippen molar-refractivity contribution in [1.82, 2.24) is 4.90 Å². The van der Waals surface area contributed by atoms with Crippen LogP contribution in [-0.2, 0) is 9.53 Å². The average Bonchev–Trinajstić information content (AvgIpc) is 3.16. The number of amides is 1. The highest BCUT2D eigenvalue weighted by atomic mass is 16.5. The second-order valence-electron chi connectivity index (χ2n) is 7.41. The minimum atomic E-state index is -1.07. The summed E-state index contributed by atoms with van der Waals surface area (Å²) in [5, 5.41) is 8.78. The molecule has 0 spiro atoms. The molecule has 2 atom stereocenters. The quantitative estimate of drug-likeness (QED) is 0.833. The minimum Gasteiger partial charge on any atom is -0.490 e. The van der Waals surface area contributed by atoms with Crippen LogP contribution < -0.4 is 9.47 Å². The monoisotopic (exact) mass is 363 g/mol. The van der Waals surface area contributed by atoms with Crippen molar-refractivity contribution in [2.75, 3.05) is 33.0 Å². The Kier molecular flexibility index (Phi) is 5.09. The fraction of sp³-hybridized carbons (Fsp3) is 0.579. The summed E-state index contributed by atoms with van der Waals surface area (Å²) in [7, 11) is 0. The molecule has 26 heavy (non-hydrogen) atoms. The molecular weight excluding hydrogens is 338 g/mol. The number of hydrogen-bond donors (Lipinski definition) is 1. The smallest absolute Gasteiger partial charge is 0.341 e. The van der Waals surface area contributed by atoms with Crippen molar-refractivity contribution in [3.8, 4) is 11.5 Å². The van der Waals surface area contributed by atoms with Gasteiger partial charge in [0, 0.05) is 18.0 Å². The number of carbonyl (C=O) groups excluding carboxylic acids is 1. The maximum Gasteiger partial charge on any atom is 0.341 e. The highest BCUT2D eigenvalue weighted by molar-refractivity contribution is 5.95. The summed E-state index contributed by atoms with van der Waals surface area (Å²) in [5.41, 5.74) is 0.517. The summed E-state index contributed by atoms with van der Waals surface area (Å²) in [5.74, 6) is -0.108. The van der Waals surface area contributed by atoms with Crippen molar-refractivity contribution in [3.63, 3.8) is 0 Å². The molecule has 0 bridgehead atoms. The van der Waals surface area contributed by atoms with Gasteiger partial charge >= 0.3 is 5.97 Å². The zero-order valence-electron chi connectivity index (χ0n) is 15.4. The van der Waals surface area contributed by atoms with E-state index >= 15 is 0 Å². The summed E-state index contributed by atoms with van der Waals surface area (Å²) >= 11 is 0. The lowest BCUT2D eigenvalue weighted by atomic mass is 9.80. The van der Waals surface area contributed by atoms with E-state index in [-0.39, 0.29) is 17.4 Å². The number of carboxylic acids is 1. The average molecular weight is 363 g/mol. The number of nitrogens with zero attached hydrogens (tertiary/aromatic N) is 1. The number of aliphatic carboxylic acids is 1. The van der Waals surface area contributed by atoms with Crippen molar-refractivity contribution >= 4 is 11.9 Å². The lowest BCUT2D eigenvalue weighted by molar-refractivity contribution is -0.139. The Morgan fingerprint density at radius 1 is 1.27 bits per heavy atom. The molecule has 1 aromatic carbocycles. The van der Waals surface area contributed by atoms with Gasteiger partial charge < -0.3 is 24.2 Å². The Bertz CT molecular complexity index is 701. The molecule has 2 heterocycles. The summed E-state index contributed by atoms with van der Waals surface area (Å²) < 4.78 is 16.4. The van der Waals surface area contributed by atoms with E-state index in [0.29, 0.717) is 49.3 Å². The Morgan fingerprint density at radius 2 is 2.04 bits per heavy atom. The predicted molar refractivity (Wildman–Crippen MR) is 93.7 cm³/mol. The van der Waals surface area contributed by atoms with Gasteiger partial charge in [0.1, 0.15) is 0 Å². The molecule has 3 rings (SSSR count). The van der Waals surface area contributed by atoms with Gasteiger partial charge in [-0.25, -0.2) is 4.79 Å². The molecule has 0 aromatic heterocycles. The first-order valence-electron chi connectivity index (χ1n) is 8.83. The van der Waals surface area contributed by atoms with E-state index in [1.807, 2.05) is 11.8 Å². The van der Waals surface area contributed by atoms with Crippen molar-refractivity contribution in [3.05, 3.63) is 23.8 Å². The van der Waals surface area contributed by atoms with Gasteiger partial charge in [0.25, 0.3) is 5.91 Å². The molecule has 0 aliphatic carbocycles. The van der Waals surface area contributed by atoms with E-state index in [1.165, 1.54) is 0 Å². The highest BCUT2D eigenvalue weighted by Crippen LogP contribution is 2.44. The third-order valence-electron chi connectivity index (χ3n) is 5.13. The summed E-state index contributed by atoms with van der Waals surface area (Å²) in [4.78, 5) is 25.7. The largest absolute Gasteiger partial charge is 0.490 e. The van der Waals surface area contributed by atoms with Crippen LogP contribution in [0.3, 0.4) is 0 Å². The van der Waals surface area contributed by atoms with Crippen molar-refractivity contribution in [1.29, 1.82) is 0 Å². The van der Waals surface area contributed by atoms with Crippen molar-refractivity contribution < 1.29 is 28.9 Å². The summed E-state index contributed by atoms with van der Waals surface area (Å²) in [6, 6.07) is 4.96. The first kappa shape index (κ1) is 18.5. The Balaban J connectivity index is 1.83. The molecule has 1 amide bonds. The second-order valence-corrected chi connectivity index (χ2v) is 7.41. The molecule has 2 saturated heterocycles. The lowest BCUT2D eigenvalue weighted by Crippen LogP contribution is -2.38. The number of rotatable bonds is 6. The molecule has 0 radical (unpaired) electrons. The first-order chi connectivity index (χ1) is 12.3. The van der Waals surface area contributed by atoms with Crippen LogP contribution in [0.4, 0.5) is 0 Å². The van der Waals surface area contributed by atoms with Crippen LogP contribution in [0.25, 0.3) is 0 Å². The van der Waals surface area contributed by atoms with Crippen LogP contribution in [-0.4, -0.2) is 60.9 Å². The highest BCUT2D eigenvalue weighted by Gasteiger charge is 2.51. The van der Waals surface area contributed by atoms with E-state index in [0.717, 1.165) is 0 Å². The molecule has 7 nitrogen and oxygen atoms in total. The normalized spacial score (nSPS) is 23.6. The molecule has 7 heteroatoms. The maximum atomic E-state index is 13.1. The van der Waals surface area contributed by atoms with Gasteiger partial charge in [0.05, 0.1) is 25.9 Å². The van der Waals surface area contributed by atoms with E-state index in [4.69, 9.17) is 19.3 Å². The number of ether oxygens (including phenoxy) is 3. The van der Waals surface area contributed by atoms with E-state index in [2.05, 4.69) is 13.8 Å². The van der Waals surface area contributed by atoms with Gasteiger partial charge in [-0.1, -0.05) is 13.8 Å². The fourth-order valence-corrected chi connectivity index (χ4v) is 3.83. The van der Waals surface area contributed by atoms with Gasteiger partial charge in [-0.05, 0) is 30.5 Å². The van der Waals surface area contributed by atoms with Crippen LogP contribution in [0.1, 0.15) is 31.1 Å². The SMILES string of the molecule is CCOc1cc(C(=O)N2CC(C)(C)[C@@H]3COC[C@@H]32)ccc1OCC(=O)O. The number of carboxylic acid groups (broad SMARTS) is 1. The number of fused-ring (bicyclic) bond motifs is 1. The number of benzene rings is 1. The zero-order valence-corrected chi connectivity index (χ0v) is 15.4. The van der Waals surface area contributed by atoms with Gasteiger partial charge in [0.2, 0.25) is 0 Å². The van der Waals surface area contributed by atoms with Gasteiger partial charge in [0.15, 0.2) is 18.1 Å². The minimum absolute atomic E-state index is 0.0180. The standard InChI is InChI=1S/C19H25NO6/c1-4-25-16-7-12(5-6-15(16)26-10-17(21)22)18(23)20-11-19(2,3)13-8-24-9-14(13)20/h5-7,13-14H,4,8-11H2,1-3H3,(H,21,22)/t13-,14+/m1/s1. The summed E-state index contributed by atoms with van der Waals surface area (Å²) in [6.07, 6.45) is 0. The molecule has 142 valence electrons. The molecule has 2 aliphatic heterocycles. The van der Waals surface area contributed by atoms with Crippen LogP contribution >= 0.6 is 0 Å². The first-order valence-corrected chi connectivity index (χ1v) is 8.83. The zero-order chi connectivity index (χ0) is 18.9. The molecule has 1 N–H and O–H groups in total. The lowest BCUT2D eigenvalue weighted by Gasteiger charge is -2.24. The predicted octanol–water partition coefficient (Wildman–Crippen LogP) is 2.05. The van der Waals surface area contributed by atoms with Gasteiger partial charge in [-0.15, -0.1) is 0 Å². The molecule has 2 aliphatic rings. The molecular formula is C19H25NO6. The van der Waals surface area contributed by atoms with Gasteiger partial charge in [-0.2, -0.15) is 0 Å². The molecule has 1 aromatic rings. The fourth-order valence-electron chi connectivity index (χ4n) is 3.83. The van der Waals surface area contributed by atoms with Crippen molar-refractivity contribution in [2.24, 2.45) is 11.3 Å². The Labute approximate surface area is 152 Å². The third-order valence-corrected chi connectivity index (χ3v) is 5.13. The van der Waals surface area contributed by atoms with Crippen LogP contribution in [0, 0.1) is 11.3 Å². The second kappa shape index (κ2) is 7.15. The topological polar surface area (TPSA) is 85.3 Å². The molecule has 0 unspecified atom stereocenters. The van der Waals surface area contributed by atoms with Crippen LogP contribution in [0.5, 0.6) is 11.5 Å². The van der Waals surface area contributed by atoms with Crippen molar-refractivity contribution in [2.45, 2.75) is 26.8 Å². The van der Waals surface area contributed by atoms with E-state index in [1.54, 1.807) is 18.2 Å². The number of hydrogen-bond acceptors (Lipinski definition) is 5. The van der Waals surface area contributed by atoms with Crippen LogP contribution in [0.15, 0.2) is 18.2 Å². The number of carbonyl (C=O) groups is 2. The van der Waals surface area contributed by atoms with Gasteiger partial charge in [-0.3, -0.25) is 4.79 Å². The Hall–Kier alpha value is -2.28.